The fourth-order valence-electron chi connectivity index (χ4n) is 2.87. The fourth-order valence-corrected chi connectivity index (χ4v) is 2.87. The zero-order chi connectivity index (χ0) is 17.3. The van der Waals surface area contributed by atoms with Crippen LogP contribution in [0.2, 0.25) is 0 Å². The number of carbonyl (C=O) groups is 2. The predicted molar refractivity (Wildman–Crippen MR) is 88.9 cm³/mol. The Morgan fingerprint density at radius 3 is 2.50 bits per heavy atom. The second-order valence-corrected chi connectivity index (χ2v) is 6.56. The van der Waals surface area contributed by atoms with Crippen LogP contribution in [0.25, 0.3) is 0 Å². The zero-order valence-electron chi connectivity index (χ0n) is 13.8. The van der Waals surface area contributed by atoms with Crippen molar-refractivity contribution in [2.75, 3.05) is 0 Å². The van der Waals surface area contributed by atoms with E-state index in [0.29, 0.717) is 11.7 Å². The molecule has 1 aromatic heterocycles. The normalized spacial score (nSPS) is 19.3. The molecule has 2 aromatic rings. The lowest BCUT2D eigenvalue weighted by Crippen LogP contribution is -2.24. The Labute approximate surface area is 140 Å². The summed E-state index contributed by atoms with van der Waals surface area (Å²) >= 11 is 0. The molecular formula is C19H21NO4. The standard InChI is InChI=1S/C19H21NO4/c1-11(2)12-3-5-13(6-4-12)15-9-16(15)18(21)20-10-14-7-8-17(24-14)19(22)23/h3-8,11,15-16H,9-10H2,1-2H3,(H,20,21)(H,22,23). The lowest BCUT2D eigenvalue weighted by atomic mass is 10.00. The van der Waals surface area contributed by atoms with Gasteiger partial charge >= 0.3 is 5.97 Å². The first-order chi connectivity index (χ1) is 11.5. The molecular weight excluding hydrogens is 306 g/mol. The van der Waals surface area contributed by atoms with Crippen LogP contribution in [0.4, 0.5) is 0 Å². The van der Waals surface area contributed by atoms with Gasteiger partial charge in [-0.05, 0) is 41.5 Å². The van der Waals surface area contributed by atoms with Gasteiger partial charge in [-0.25, -0.2) is 4.79 Å². The predicted octanol–water partition coefficient (Wildman–Crippen LogP) is 3.52. The summed E-state index contributed by atoms with van der Waals surface area (Å²) in [5.41, 5.74) is 2.50. The number of furan rings is 1. The summed E-state index contributed by atoms with van der Waals surface area (Å²) in [6.45, 7) is 4.53. The molecule has 1 saturated carbocycles. The SMILES string of the molecule is CC(C)c1ccc(C2CC2C(=O)NCc2ccc(C(=O)O)o2)cc1. The molecule has 5 nitrogen and oxygen atoms in total. The van der Waals surface area contributed by atoms with Crippen LogP contribution < -0.4 is 5.32 Å². The van der Waals surface area contributed by atoms with E-state index in [1.54, 1.807) is 6.07 Å². The van der Waals surface area contributed by atoms with Gasteiger partial charge in [0, 0.05) is 5.92 Å². The van der Waals surface area contributed by atoms with E-state index in [0.717, 1.165) is 6.42 Å². The number of aromatic carboxylic acids is 1. The van der Waals surface area contributed by atoms with E-state index in [9.17, 15) is 9.59 Å². The smallest absolute Gasteiger partial charge is 0.371 e. The van der Waals surface area contributed by atoms with E-state index in [1.807, 2.05) is 0 Å². The monoisotopic (exact) mass is 327 g/mol. The van der Waals surface area contributed by atoms with Crippen LogP contribution in [-0.2, 0) is 11.3 Å². The molecule has 1 heterocycles. The molecule has 1 aliphatic rings. The molecule has 0 bridgehead atoms. The van der Waals surface area contributed by atoms with E-state index < -0.39 is 5.97 Å². The molecule has 1 amide bonds. The highest BCUT2D eigenvalue weighted by Gasteiger charge is 2.43. The average molecular weight is 327 g/mol. The second kappa shape index (κ2) is 6.51. The molecule has 24 heavy (non-hydrogen) atoms. The zero-order valence-corrected chi connectivity index (χ0v) is 13.8. The maximum absolute atomic E-state index is 12.2. The van der Waals surface area contributed by atoms with Crippen LogP contribution in [0.15, 0.2) is 40.8 Å². The summed E-state index contributed by atoms with van der Waals surface area (Å²) in [7, 11) is 0. The van der Waals surface area contributed by atoms with E-state index in [4.69, 9.17) is 9.52 Å². The van der Waals surface area contributed by atoms with Crippen molar-refractivity contribution in [3.63, 3.8) is 0 Å². The molecule has 2 atom stereocenters. The minimum absolute atomic E-state index is 0.0104. The van der Waals surface area contributed by atoms with Crippen LogP contribution in [-0.4, -0.2) is 17.0 Å². The average Bonchev–Trinajstić information content (AvgIpc) is 3.22. The van der Waals surface area contributed by atoms with Gasteiger partial charge in [0.1, 0.15) is 5.76 Å². The van der Waals surface area contributed by atoms with Gasteiger partial charge in [-0.3, -0.25) is 4.79 Å². The minimum atomic E-state index is -1.11. The van der Waals surface area contributed by atoms with Crippen molar-refractivity contribution in [3.05, 3.63) is 59.0 Å². The largest absolute Gasteiger partial charge is 0.475 e. The fraction of sp³-hybridized carbons (Fsp3) is 0.368. The van der Waals surface area contributed by atoms with Crippen LogP contribution in [0, 0.1) is 5.92 Å². The van der Waals surface area contributed by atoms with Crippen molar-refractivity contribution in [1.82, 2.24) is 5.32 Å². The Morgan fingerprint density at radius 2 is 1.92 bits per heavy atom. The number of carboxylic acid groups (broad SMARTS) is 1. The van der Waals surface area contributed by atoms with Gasteiger partial charge in [0.2, 0.25) is 11.7 Å². The Morgan fingerprint density at radius 1 is 1.21 bits per heavy atom. The van der Waals surface area contributed by atoms with Crippen molar-refractivity contribution in [3.8, 4) is 0 Å². The van der Waals surface area contributed by atoms with E-state index in [2.05, 4.69) is 43.4 Å². The summed E-state index contributed by atoms with van der Waals surface area (Å²) in [4.78, 5) is 23.0. The molecule has 5 heteroatoms. The molecule has 0 radical (unpaired) electrons. The van der Waals surface area contributed by atoms with Gasteiger partial charge in [-0.1, -0.05) is 38.1 Å². The highest BCUT2D eigenvalue weighted by Crippen LogP contribution is 2.47. The number of benzene rings is 1. The number of carboxylic acids is 1. The minimum Gasteiger partial charge on any atom is -0.475 e. The van der Waals surface area contributed by atoms with Crippen LogP contribution >= 0.6 is 0 Å². The summed E-state index contributed by atoms with van der Waals surface area (Å²) < 4.78 is 5.13. The molecule has 1 fully saturated rings. The van der Waals surface area contributed by atoms with E-state index in [-0.39, 0.29) is 30.0 Å². The Kier molecular flexibility index (Phi) is 4.42. The van der Waals surface area contributed by atoms with Crippen LogP contribution in [0.5, 0.6) is 0 Å². The van der Waals surface area contributed by atoms with Gasteiger partial charge in [-0.2, -0.15) is 0 Å². The lowest BCUT2D eigenvalue weighted by molar-refractivity contribution is -0.122. The van der Waals surface area contributed by atoms with Crippen molar-refractivity contribution in [2.24, 2.45) is 5.92 Å². The van der Waals surface area contributed by atoms with Crippen LogP contribution in [0.1, 0.15) is 59.5 Å². The number of hydrogen-bond acceptors (Lipinski definition) is 3. The summed E-state index contributed by atoms with van der Waals surface area (Å²) in [5, 5.41) is 11.6. The summed E-state index contributed by atoms with van der Waals surface area (Å²) in [6, 6.07) is 11.4. The molecule has 0 spiro atoms. The van der Waals surface area contributed by atoms with Gasteiger partial charge < -0.3 is 14.8 Å². The van der Waals surface area contributed by atoms with Crippen LogP contribution in [0.3, 0.4) is 0 Å². The first-order valence-electron chi connectivity index (χ1n) is 8.15. The topological polar surface area (TPSA) is 79.5 Å². The van der Waals surface area contributed by atoms with Crippen molar-refractivity contribution in [1.29, 1.82) is 0 Å². The Balaban J connectivity index is 1.52. The highest BCUT2D eigenvalue weighted by molar-refractivity contribution is 5.84. The molecule has 2 unspecified atom stereocenters. The maximum Gasteiger partial charge on any atom is 0.371 e. The highest BCUT2D eigenvalue weighted by atomic mass is 16.4. The molecule has 0 aliphatic heterocycles. The van der Waals surface area contributed by atoms with Gasteiger partial charge in [0.15, 0.2) is 0 Å². The molecule has 3 rings (SSSR count). The first kappa shape index (κ1) is 16.3. The molecule has 126 valence electrons. The number of amides is 1. The summed E-state index contributed by atoms with van der Waals surface area (Å²) in [5.74, 6) is -0.0311. The number of hydrogen-bond donors (Lipinski definition) is 2. The van der Waals surface area contributed by atoms with E-state index >= 15 is 0 Å². The lowest BCUT2D eigenvalue weighted by Gasteiger charge is -2.07. The third-order valence-electron chi connectivity index (χ3n) is 4.47. The molecule has 1 aromatic carbocycles. The van der Waals surface area contributed by atoms with Crippen molar-refractivity contribution < 1.29 is 19.1 Å². The Hall–Kier alpha value is -2.56. The van der Waals surface area contributed by atoms with Gasteiger partial charge in [0.05, 0.1) is 6.54 Å². The third kappa shape index (κ3) is 3.50. The molecule has 1 aliphatic carbocycles. The number of rotatable bonds is 6. The number of nitrogens with one attached hydrogen (secondary N) is 1. The Bertz CT molecular complexity index is 745. The third-order valence-corrected chi connectivity index (χ3v) is 4.47. The molecule has 0 saturated heterocycles. The number of carbonyl (C=O) groups excluding carboxylic acids is 1. The van der Waals surface area contributed by atoms with Gasteiger partial charge in [-0.15, -0.1) is 0 Å². The maximum atomic E-state index is 12.2. The molecule has 2 N–H and O–H groups in total. The quantitative estimate of drug-likeness (QED) is 0.851. The van der Waals surface area contributed by atoms with Crippen molar-refractivity contribution >= 4 is 11.9 Å². The summed E-state index contributed by atoms with van der Waals surface area (Å²) in [6.07, 6.45) is 0.853. The van der Waals surface area contributed by atoms with Gasteiger partial charge in [0.25, 0.3) is 0 Å². The first-order valence-corrected chi connectivity index (χ1v) is 8.15. The second-order valence-electron chi connectivity index (χ2n) is 6.56. The van der Waals surface area contributed by atoms with E-state index in [1.165, 1.54) is 17.2 Å². The van der Waals surface area contributed by atoms with Crippen molar-refractivity contribution in [2.45, 2.75) is 38.6 Å².